The molecule has 1 aliphatic heterocycles. The Morgan fingerprint density at radius 3 is 2.75 bits per heavy atom. The van der Waals surface area contributed by atoms with Gasteiger partial charge in [-0.05, 0) is 26.2 Å². The van der Waals surface area contributed by atoms with Crippen LogP contribution in [0.5, 0.6) is 0 Å². The Bertz CT molecular complexity index is 86.6. The average Bonchev–Trinajstić information content (AvgIpc) is 1.90. The highest BCUT2D eigenvalue weighted by Gasteiger charge is 2.00. The maximum atomic E-state index is 3.33. The van der Waals surface area contributed by atoms with E-state index in [1.165, 1.54) is 31.5 Å². The van der Waals surface area contributed by atoms with Crippen LogP contribution in [0.15, 0.2) is 11.8 Å². The molecule has 1 nitrogen and oxygen atoms in total. The summed E-state index contributed by atoms with van der Waals surface area (Å²) in [5, 5.41) is 3.33. The van der Waals surface area contributed by atoms with E-state index in [1.807, 2.05) is 0 Å². The van der Waals surface area contributed by atoms with E-state index in [1.54, 1.807) is 0 Å². The van der Waals surface area contributed by atoms with E-state index in [-0.39, 0.29) is 0 Å². The largest absolute Gasteiger partial charge is 0.389 e. The van der Waals surface area contributed by atoms with E-state index < -0.39 is 0 Å². The molecule has 1 heteroatoms. The standard InChI is InChI=1S/C7H13N/c1-2-7-5-3-4-6-8-7/h2,8H,3-6H2,1H3. The van der Waals surface area contributed by atoms with Gasteiger partial charge in [0.15, 0.2) is 0 Å². The first-order valence-corrected chi connectivity index (χ1v) is 3.32. The van der Waals surface area contributed by atoms with Crippen molar-refractivity contribution in [3.05, 3.63) is 11.8 Å². The fraction of sp³-hybridized carbons (Fsp3) is 0.714. The lowest BCUT2D eigenvalue weighted by atomic mass is 10.1. The Balaban J connectivity index is 2.33. The molecule has 0 atom stereocenters. The van der Waals surface area contributed by atoms with Crippen molar-refractivity contribution >= 4 is 0 Å². The molecule has 0 radical (unpaired) electrons. The van der Waals surface area contributed by atoms with Crippen LogP contribution in [0.1, 0.15) is 26.2 Å². The second-order valence-corrected chi connectivity index (χ2v) is 2.20. The van der Waals surface area contributed by atoms with Gasteiger partial charge in [-0.3, -0.25) is 0 Å². The molecule has 1 fully saturated rings. The number of nitrogens with one attached hydrogen (secondary N) is 1. The van der Waals surface area contributed by atoms with E-state index in [9.17, 15) is 0 Å². The smallest absolute Gasteiger partial charge is 0.0143 e. The highest BCUT2D eigenvalue weighted by molar-refractivity contribution is 4.99. The zero-order chi connectivity index (χ0) is 5.82. The Hall–Kier alpha value is -0.460. The van der Waals surface area contributed by atoms with Crippen molar-refractivity contribution in [3.8, 4) is 0 Å². The van der Waals surface area contributed by atoms with Crippen LogP contribution >= 0.6 is 0 Å². The zero-order valence-corrected chi connectivity index (χ0v) is 5.41. The Morgan fingerprint density at radius 1 is 1.50 bits per heavy atom. The first-order chi connectivity index (χ1) is 3.93. The number of piperidine rings is 1. The predicted molar refractivity (Wildman–Crippen MR) is 35.6 cm³/mol. The van der Waals surface area contributed by atoms with Crippen molar-refractivity contribution in [2.45, 2.75) is 26.2 Å². The molecule has 1 N–H and O–H groups in total. The van der Waals surface area contributed by atoms with Crippen LogP contribution in [-0.4, -0.2) is 6.54 Å². The quantitative estimate of drug-likeness (QED) is 0.501. The van der Waals surface area contributed by atoms with E-state index in [0.29, 0.717) is 0 Å². The van der Waals surface area contributed by atoms with E-state index in [0.717, 1.165) is 0 Å². The van der Waals surface area contributed by atoms with Gasteiger partial charge in [0.2, 0.25) is 0 Å². The Labute approximate surface area is 50.8 Å². The minimum Gasteiger partial charge on any atom is -0.389 e. The van der Waals surface area contributed by atoms with Crippen molar-refractivity contribution in [3.63, 3.8) is 0 Å². The summed E-state index contributed by atoms with van der Waals surface area (Å²) in [6, 6.07) is 0. The average molecular weight is 111 g/mol. The third-order valence-electron chi connectivity index (χ3n) is 1.57. The van der Waals surface area contributed by atoms with Crippen LogP contribution in [0.3, 0.4) is 0 Å². The third kappa shape index (κ3) is 1.25. The molecular formula is C7H13N. The van der Waals surface area contributed by atoms with Gasteiger partial charge >= 0.3 is 0 Å². The molecular weight excluding hydrogens is 98.1 g/mol. The molecule has 8 heavy (non-hydrogen) atoms. The van der Waals surface area contributed by atoms with Crippen LogP contribution in [0.2, 0.25) is 0 Å². The lowest BCUT2D eigenvalue weighted by Gasteiger charge is -2.15. The Kier molecular flexibility index (Phi) is 1.95. The molecule has 0 spiro atoms. The van der Waals surface area contributed by atoms with Crippen LogP contribution in [-0.2, 0) is 0 Å². The monoisotopic (exact) mass is 111 g/mol. The van der Waals surface area contributed by atoms with Gasteiger partial charge in [0.25, 0.3) is 0 Å². The summed E-state index contributed by atoms with van der Waals surface area (Å²) in [6.45, 7) is 3.27. The Morgan fingerprint density at radius 2 is 2.38 bits per heavy atom. The van der Waals surface area contributed by atoms with Gasteiger partial charge in [-0.2, -0.15) is 0 Å². The number of hydrogen-bond donors (Lipinski definition) is 1. The lowest BCUT2D eigenvalue weighted by Crippen LogP contribution is -2.19. The summed E-state index contributed by atoms with van der Waals surface area (Å²) in [5.74, 6) is 0. The van der Waals surface area contributed by atoms with Gasteiger partial charge in [0.05, 0.1) is 0 Å². The summed E-state index contributed by atoms with van der Waals surface area (Å²) < 4.78 is 0. The summed E-state index contributed by atoms with van der Waals surface area (Å²) >= 11 is 0. The van der Waals surface area contributed by atoms with Gasteiger partial charge in [-0.15, -0.1) is 0 Å². The molecule has 0 amide bonds. The number of allylic oxidation sites excluding steroid dienone is 2. The molecule has 0 aromatic rings. The second-order valence-electron chi connectivity index (χ2n) is 2.20. The first kappa shape index (κ1) is 5.67. The molecule has 0 aromatic carbocycles. The van der Waals surface area contributed by atoms with Crippen LogP contribution in [0, 0.1) is 0 Å². The highest BCUT2D eigenvalue weighted by atomic mass is 14.9. The molecule has 1 rings (SSSR count). The summed E-state index contributed by atoms with van der Waals surface area (Å²) in [4.78, 5) is 0. The molecule has 1 heterocycles. The van der Waals surface area contributed by atoms with E-state index in [2.05, 4.69) is 18.3 Å². The van der Waals surface area contributed by atoms with E-state index >= 15 is 0 Å². The van der Waals surface area contributed by atoms with Crippen molar-refractivity contribution in [1.82, 2.24) is 5.32 Å². The van der Waals surface area contributed by atoms with E-state index in [4.69, 9.17) is 0 Å². The summed E-state index contributed by atoms with van der Waals surface area (Å²) in [5.41, 5.74) is 1.43. The molecule has 1 aliphatic rings. The molecule has 0 aromatic heterocycles. The fourth-order valence-corrected chi connectivity index (χ4v) is 1.02. The minimum atomic E-state index is 1.18. The second kappa shape index (κ2) is 2.75. The number of hydrogen-bond acceptors (Lipinski definition) is 1. The third-order valence-corrected chi connectivity index (χ3v) is 1.57. The van der Waals surface area contributed by atoms with Gasteiger partial charge in [0, 0.05) is 12.2 Å². The first-order valence-electron chi connectivity index (χ1n) is 3.32. The van der Waals surface area contributed by atoms with Crippen molar-refractivity contribution in [2.75, 3.05) is 6.54 Å². The van der Waals surface area contributed by atoms with Crippen molar-refractivity contribution in [2.24, 2.45) is 0 Å². The minimum absolute atomic E-state index is 1.18. The maximum Gasteiger partial charge on any atom is 0.0143 e. The predicted octanol–water partition coefficient (Wildman–Crippen LogP) is 1.66. The molecule has 0 unspecified atom stereocenters. The normalized spacial score (nSPS) is 25.4. The fourth-order valence-electron chi connectivity index (χ4n) is 1.02. The zero-order valence-electron chi connectivity index (χ0n) is 5.41. The molecule has 0 aliphatic carbocycles. The molecule has 0 saturated carbocycles. The number of rotatable bonds is 0. The molecule has 46 valence electrons. The molecule has 0 bridgehead atoms. The lowest BCUT2D eigenvalue weighted by molar-refractivity contribution is 0.587. The summed E-state index contributed by atoms with van der Waals surface area (Å²) in [7, 11) is 0. The summed E-state index contributed by atoms with van der Waals surface area (Å²) in [6.07, 6.45) is 6.14. The van der Waals surface area contributed by atoms with Gasteiger partial charge in [0.1, 0.15) is 0 Å². The van der Waals surface area contributed by atoms with Gasteiger partial charge in [-0.1, -0.05) is 6.08 Å². The van der Waals surface area contributed by atoms with Crippen LogP contribution < -0.4 is 5.32 Å². The van der Waals surface area contributed by atoms with Crippen LogP contribution in [0.25, 0.3) is 0 Å². The van der Waals surface area contributed by atoms with Gasteiger partial charge < -0.3 is 5.32 Å². The molecule has 1 saturated heterocycles. The van der Waals surface area contributed by atoms with Gasteiger partial charge in [-0.25, -0.2) is 0 Å². The maximum absolute atomic E-state index is 3.33. The van der Waals surface area contributed by atoms with Crippen molar-refractivity contribution in [1.29, 1.82) is 0 Å². The van der Waals surface area contributed by atoms with Crippen LogP contribution in [0.4, 0.5) is 0 Å². The topological polar surface area (TPSA) is 12.0 Å². The highest BCUT2D eigenvalue weighted by Crippen LogP contribution is 2.08. The van der Waals surface area contributed by atoms with Crippen molar-refractivity contribution < 1.29 is 0 Å². The SMILES string of the molecule is CC=C1CCCCN1.